The quantitative estimate of drug-likeness (QED) is 0.889. The van der Waals surface area contributed by atoms with E-state index in [0.717, 1.165) is 16.8 Å². The second kappa shape index (κ2) is 5.08. The van der Waals surface area contributed by atoms with Crippen molar-refractivity contribution in [3.63, 3.8) is 0 Å². The fourth-order valence-corrected chi connectivity index (χ4v) is 2.07. The molecule has 3 nitrogen and oxygen atoms in total. The summed E-state index contributed by atoms with van der Waals surface area (Å²) < 4.78 is 38.0. The zero-order valence-corrected chi connectivity index (χ0v) is 10.5. The molecule has 0 aliphatic heterocycles. The lowest BCUT2D eigenvalue weighted by Gasteiger charge is -2.13. The number of hydrogen-bond acceptors (Lipinski definition) is 2. The molecule has 1 atom stereocenters. The molecule has 17 heavy (non-hydrogen) atoms. The lowest BCUT2D eigenvalue weighted by Crippen LogP contribution is -2.21. The van der Waals surface area contributed by atoms with E-state index in [0.29, 0.717) is 11.4 Å². The van der Waals surface area contributed by atoms with Gasteiger partial charge in [0.25, 0.3) is 0 Å². The van der Waals surface area contributed by atoms with Crippen molar-refractivity contribution in [1.29, 1.82) is 0 Å². The predicted octanol–water partition coefficient (Wildman–Crippen LogP) is 2.73. The fourth-order valence-electron chi connectivity index (χ4n) is 2.07. The van der Waals surface area contributed by atoms with E-state index >= 15 is 0 Å². The summed E-state index contributed by atoms with van der Waals surface area (Å²) in [6.07, 6.45) is -4.23. The first kappa shape index (κ1) is 14.0. The second-order valence-corrected chi connectivity index (χ2v) is 4.14. The summed E-state index contributed by atoms with van der Waals surface area (Å²) in [5.74, 6) is 0. The van der Waals surface area contributed by atoms with Crippen LogP contribution in [0, 0.1) is 13.8 Å². The van der Waals surface area contributed by atoms with E-state index in [1.54, 1.807) is 13.8 Å². The van der Waals surface area contributed by atoms with Crippen LogP contribution < -0.4 is 5.32 Å². The Balaban J connectivity index is 3.01. The first-order valence-electron chi connectivity index (χ1n) is 5.60. The maximum atomic E-state index is 12.3. The van der Waals surface area contributed by atoms with Crippen molar-refractivity contribution in [3.05, 3.63) is 17.0 Å². The fraction of sp³-hybridized carbons (Fsp3) is 0.727. The van der Waals surface area contributed by atoms with E-state index in [1.165, 1.54) is 0 Å². The molecule has 0 fully saturated rings. The predicted molar refractivity (Wildman–Crippen MR) is 59.8 cm³/mol. The van der Waals surface area contributed by atoms with E-state index in [9.17, 15) is 13.2 Å². The van der Waals surface area contributed by atoms with E-state index < -0.39 is 12.7 Å². The monoisotopic (exact) mass is 249 g/mol. The minimum Gasteiger partial charge on any atom is -0.310 e. The van der Waals surface area contributed by atoms with Gasteiger partial charge < -0.3 is 5.32 Å². The molecule has 0 spiro atoms. The van der Waals surface area contributed by atoms with Crippen LogP contribution >= 0.6 is 0 Å². The average Bonchev–Trinajstić information content (AvgIpc) is 2.39. The minimum absolute atomic E-state index is 0.0157. The van der Waals surface area contributed by atoms with Gasteiger partial charge in [-0.15, -0.1) is 0 Å². The maximum Gasteiger partial charge on any atom is 0.408 e. The van der Waals surface area contributed by atoms with E-state index in [-0.39, 0.29) is 6.04 Å². The van der Waals surface area contributed by atoms with E-state index in [2.05, 4.69) is 10.4 Å². The molecule has 0 radical (unpaired) electrons. The number of nitrogens with zero attached hydrogens (tertiary/aromatic N) is 2. The van der Waals surface area contributed by atoms with E-state index in [1.807, 2.05) is 13.8 Å². The molecule has 0 aliphatic rings. The first-order valence-corrected chi connectivity index (χ1v) is 5.60. The highest BCUT2D eigenvalue weighted by Crippen LogP contribution is 2.24. The largest absolute Gasteiger partial charge is 0.408 e. The SMILES string of the molecule is CCNC(C)c1c(C)nn(CC(F)(F)F)c1C. The van der Waals surface area contributed by atoms with Gasteiger partial charge in [-0.3, -0.25) is 4.68 Å². The van der Waals surface area contributed by atoms with E-state index in [4.69, 9.17) is 0 Å². The molecule has 1 aromatic rings. The Hall–Kier alpha value is -1.04. The zero-order valence-electron chi connectivity index (χ0n) is 10.5. The van der Waals surface area contributed by atoms with Crippen LogP contribution in [0.25, 0.3) is 0 Å². The Morgan fingerprint density at radius 2 is 1.94 bits per heavy atom. The van der Waals surface area contributed by atoms with Gasteiger partial charge in [0, 0.05) is 17.3 Å². The van der Waals surface area contributed by atoms with Gasteiger partial charge in [-0.2, -0.15) is 18.3 Å². The number of aromatic nitrogens is 2. The summed E-state index contributed by atoms with van der Waals surface area (Å²) in [5, 5.41) is 7.14. The minimum atomic E-state index is -4.23. The Morgan fingerprint density at radius 3 is 2.41 bits per heavy atom. The van der Waals surface area contributed by atoms with Crippen LogP contribution in [0.5, 0.6) is 0 Å². The van der Waals surface area contributed by atoms with Gasteiger partial charge in [-0.25, -0.2) is 0 Å². The van der Waals surface area contributed by atoms with Gasteiger partial charge in [0.05, 0.1) is 5.69 Å². The zero-order chi connectivity index (χ0) is 13.2. The number of rotatable bonds is 4. The third-order valence-electron chi connectivity index (χ3n) is 2.71. The Labute approximate surface area is 99.0 Å². The Morgan fingerprint density at radius 1 is 1.35 bits per heavy atom. The molecule has 6 heteroatoms. The average molecular weight is 249 g/mol. The summed E-state index contributed by atoms with van der Waals surface area (Å²) >= 11 is 0. The normalized spacial score (nSPS) is 14.1. The van der Waals surface area contributed by atoms with Crippen molar-refractivity contribution in [2.24, 2.45) is 0 Å². The van der Waals surface area contributed by atoms with Crippen molar-refractivity contribution in [2.45, 2.75) is 46.5 Å². The topological polar surface area (TPSA) is 29.9 Å². The molecule has 1 rings (SSSR count). The van der Waals surface area contributed by atoms with Gasteiger partial charge in [0.15, 0.2) is 0 Å². The molecule has 1 aromatic heterocycles. The lowest BCUT2D eigenvalue weighted by atomic mass is 10.1. The summed E-state index contributed by atoms with van der Waals surface area (Å²) in [6, 6.07) is 0.0157. The number of alkyl halides is 3. The van der Waals surface area contributed by atoms with Crippen molar-refractivity contribution in [3.8, 4) is 0 Å². The lowest BCUT2D eigenvalue weighted by molar-refractivity contribution is -0.142. The molecule has 1 unspecified atom stereocenters. The summed E-state index contributed by atoms with van der Waals surface area (Å²) in [4.78, 5) is 0. The summed E-state index contributed by atoms with van der Waals surface area (Å²) in [5.41, 5.74) is 2.09. The molecule has 1 heterocycles. The molecular weight excluding hydrogens is 231 g/mol. The number of halogens is 3. The molecule has 1 N–H and O–H groups in total. The standard InChI is InChI=1S/C11H18F3N3/c1-5-15-7(2)10-8(3)16-17(9(10)4)6-11(12,13)14/h7,15H,5-6H2,1-4H3. The van der Waals surface area contributed by atoms with Crippen molar-refractivity contribution in [2.75, 3.05) is 6.54 Å². The highest BCUT2D eigenvalue weighted by molar-refractivity contribution is 5.27. The van der Waals surface area contributed by atoms with Crippen LogP contribution in [0.3, 0.4) is 0 Å². The van der Waals surface area contributed by atoms with Crippen molar-refractivity contribution < 1.29 is 13.2 Å². The Kier molecular flexibility index (Phi) is 4.19. The molecule has 0 aliphatic carbocycles. The molecule has 0 saturated carbocycles. The summed E-state index contributed by atoms with van der Waals surface area (Å²) in [6.45, 7) is 7.04. The van der Waals surface area contributed by atoms with Crippen molar-refractivity contribution in [1.82, 2.24) is 15.1 Å². The van der Waals surface area contributed by atoms with Crippen LogP contribution in [0.15, 0.2) is 0 Å². The number of nitrogens with one attached hydrogen (secondary N) is 1. The second-order valence-electron chi connectivity index (χ2n) is 4.14. The molecule has 0 amide bonds. The van der Waals surface area contributed by atoms with Crippen molar-refractivity contribution >= 4 is 0 Å². The molecule has 0 aromatic carbocycles. The number of hydrogen-bond donors (Lipinski definition) is 1. The highest BCUT2D eigenvalue weighted by atomic mass is 19.4. The Bertz CT molecular complexity index is 382. The third kappa shape index (κ3) is 3.46. The van der Waals surface area contributed by atoms with Gasteiger partial charge in [0.2, 0.25) is 0 Å². The van der Waals surface area contributed by atoms with Gasteiger partial charge in [-0.1, -0.05) is 6.92 Å². The van der Waals surface area contributed by atoms with Crippen LogP contribution in [-0.4, -0.2) is 22.5 Å². The van der Waals surface area contributed by atoms with Crippen LogP contribution in [0.2, 0.25) is 0 Å². The molecule has 98 valence electrons. The maximum absolute atomic E-state index is 12.3. The van der Waals surface area contributed by atoms with Gasteiger partial charge in [0.1, 0.15) is 6.54 Å². The number of aryl methyl sites for hydroxylation is 1. The third-order valence-corrected chi connectivity index (χ3v) is 2.71. The molecule has 0 saturated heterocycles. The van der Waals surface area contributed by atoms with Crippen LogP contribution in [0.1, 0.15) is 36.8 Å². The van der Waals surface area contributed by atoms with Crippen LogP contribution in [0.4, 0.5) is 13.2 Å². The molecular formula is C11H18F3N3. The molecule has 0 bridgehead atoms. The van der Waals surface area contributed by atoms with Gasteiger partial charge >= 0.3 is 6.18 Å². The first-order chi connectivity index (χ1) is 7.76. The van der Waals surface area contributed by atoms with Gasteiger partial charge in [-0.05, 0) is 27.3 Å². The summed E-state index contributed by atoms with van der Waals surface area (Å²) in [7, 11) is 0. The smallest absolute Gasteiger partial charge is 0.310 e. The highest BCUT2D eigenvalue weighted by Gasteiger charge is 2.30. The van der Waals surface area contributed by atoms with Crippen LogP contribution in [-0.2, 0) is 6.54 Å².